The fourth-order valence-electron chi connectivity index (χ4n) is 8.85. The number of rotatable bonds is 5. The van der Waals surface area contributed by atoms with Crippen LogP contribution in [0.4, 0.5) is 0 Å². The summed E-state index contributed by atoms with van der Waals surface area (Å²) in [4.78, 5) is 0. The minimum Gasteiger partial charge on any atom is -0.393 e. The van der Waals surface area contributed by atoms with E-state index in [0.717, 1.165) is 31.1 Å². The van der Waals surface area contributed by atoms with E-state index in [-0.39, 0.29) is 16.9 Å². The first kappa shape index (κ1) is 24.3. The average molecular weight is 439 g/mol. The number of aliphatic hydroxyl groups excluding tert-OH is 1. The van der Waals surface area contributed by atoms with Crippen LogP contribution in [-0.4, -0.2) is 11.2 Å². The number of fused-ring (bicyclic) bond motifs is 5. The molecule has 7 atom stereocenters. The fraction of sp³-hybridized carbons (Fsp3) is 0.806. The quantitative estimate of drug-likeness (QED) is 0.426. The van der Waals surface area contributed by atoms with Gasteiger partial charge in [0.15, 0.2) is 0 Å². The van der Waals surface area contributed by atoms with Gasteiger partial charge in [0.1, 0.15) is 0 Å². The van der Waals surface area contributed by atoms with E-state index in [1.165, 1.54) is 37.7 Å². The van der Waals surface area contributed by atoms with Crippen molar-refractivity contribution in [3.8, 4) is 0 Å². The average Bonchev–Trinajstić information content (AvgIpc) is 3.00. The van der Waals surface area contributed by atoms with Crippen molar-refractivity contribution in [2.24, 2.45) is 45.3 Å². The van der Waals surface area contributed by atoms with Crippen LogP contribution in [0.5, 0.6) is 0 Å². The molecule has 2 fully saturated rings. The first-order valence-corrected chi connectivity index (χ1v) is 13.6. The molecule has 2 saturated carbocycles. The number of aliphatic hydroxyl groups is 1. The van der Waals surface area contributed by atoms with Gasteiger partial charge in [-0.25, -0.2) is 0 Å². The third-order valence-electron chi connectivity index (χ3n) is 11.7. The summed E-state index contributed by atoms with van der Waals surface area (Å²) in [5, 5.41) is 10.8. The maximum atomic E-state index is 10.8. The first-order valence-electron chi connectivity index (χ1n) is 13.6. The van der Waals surface area contributed by atoms with Crippen LogP contribution in [0.15, 0.2) is 35.5 Å². The Bertz CT molecular complexity index is 827. The molecule has 1 N–H and O–H groups in total. The second-order valence-corrected chi connectivity index (χ2v) is 13.7. The van der Waals surface area contributed by atoms with E-state index >= 15 is 0 Å². The van der Waals surface area contributed by atoms with Gasteiger partial charge in [-0.2, -0.15) is 0 Å². The SMILES string of the molecule is C=C(CC[C@@H](C)[C@H]1CC[C@@]2(C)C3=CC[C@@H]4C(C)(C)[C@@H](O)CC[C@]4(C)C3=CC[C@]12C)C(C)C. The van der Waals surface area contributed by atoms with Gasteiger partial charge in [0.2, 0.25) is 0 Å². The van der Waals surface area contributed by atoms with Gasteiger partial charge in [-0.05, 0) is 108 Å². The second-order valence-electron chi connectivity index (χ2n) is 13.7. The molecule has 4 aliphatic carbocycles. The summed E-state index contributed by atoms with van der Waals surface area (Å²) in [6.45, 7) is 23.8. The Labute approximate surface area is 198 Å². The van der Waals surface area contributed by atoms with E-state index in [1.807, 2.05) is 0 Å². The van der Waals surface area contributed by atoms with Crippen molar-refractivity contribution < 1.29 is 5.11 Å². The zero-order valence-electron chi connectivity index (χ0n) is 22.4. The first-order chi connectivity index (χ1) is 14.8. The van der Waals surface area contributed by atoms with Crippen LogP contribution >= 0.6 is 0 Å². The summed E-state index contributed by atoms with van der Waals surface area (Å²) in [6.07, 6.45) is 14.7. The van der Waals surface area contributed by atoms with Crippen molar-refractivity contribution >= 4 is 0 Å². The molecular weight excluding hydrogens is 388 g/mol. The van der Waals surface area contributed by atoms with Crippen molar-refractivity contribution in [2.75, 3.05) is 0 Å². The lowest BCUT2D eigenvalue weighted by molar-refractivity contribution is -0.0851. The van der Waals surface area contributed by atoms with Crippen LogP contribution in [0.25, 0.3) is 0 Å². The van der Waals surface area contributed by atoms with Crippen molar-refractivity contribution in [2.45, 2.75) is 113 Å². The zero-order chi connectivity index (χ0) is 23.7. The van der Waals surface area contributed by atoms with E-state index < -0.39 is 0 Å². The molecule has 0 aliphatic heterocycles. The van der Waals surface area contributed by atoms with Crippen LogP contribution < -0.4 is 0 Å². The molecular formula is C31H50O. The summed E-state index contributed by atoms with van der Waals surface area (Å²) in [6, 6.07) is 0. The van der Waals surface area contributed by atoms with Crippen molar-refractivity contribution in [3.05, 3.63) is 35.5 Å². The van der Waals surface area contributed by atoms with Gasteiger partial charge in [0.25, 0.3) is 0 Å². The fourth-order valence-corrected chi connectivity index (χ4v) is 8.85. The molecule has 180 valence electrons. The van der Waals surface area contributed by atoms with Crippen LogP contribution in [0.3, 0.4) is 0 Å². The summed E-state index contributed by atoms with van der Waals surface area (Å²) in [7, 11) is 0. The Morgan fingerprint density at radius 3 is 2.38 bits per heavy atom. The Morgan fingerprint density at radius 1 is 1.03 bits per heavy atom. The molecule has 4 aliphatic rings. The van der Waals surface area contributed by atoms with Crippen molar-refractivity contribution in [3.63, 3.8) is 0 Å². The molecule has 0 radical (unpaired) electrons. The van der Waals surface area contributed by atoms with E-state index in [1.54, 1.807) is 11.1 Å². The highest BCUT2D eigenvalue weighted by atomic mass is 16.3. The zero-order valence-corrected chi connectivity index (χ0v) is 22.4. The molecule has 0 aromatic rings. The smallest absolute Gasteiger partial charge is 0.0594 e. The molecule has 32 heavy (non-hydrogen) atoms. The van der Waals surface area contributed by atoms with E-state index in [0.29, 0.717) is 22.7 Å². The highest BCUT2D eigenvalue weighted by Crippen LogP contribution is 2.71. The standard InChI is InChI=1S/C31H50O/c1-20(2)21(3)10-11-22(4)23-14-18-31(9)25-12-13-26-28(5,6)27(32)16-17-29(26,7)24(25)15-19-30(23,31)8/h12,15,20,22-23,26-27,32H,3,10-11,13-14,16-19H2,1-2,4-9H3/t22-,23-,26-,27+,29-,30-,31+/m1/s1. The molecule has 0 amide bonds. The van der Waals surface area contributed by atoms with Gasteiger partial charge in [-0.15, -0.1) is 0 Å². The number of hydrogen-bond donors (Lipinski definition) is 1. The van der Waals surface area contributed by atoms with Crippen molar-refractivity contribution in [1.29, 1.82) is 0 Å². The van der Waals surface area contributed by atoms with Crippen molar-refractivity contribution in [1.82, 2.24) is 0 Å². The number of allylic oxidation sites excluding steroid dienone is 5. The number of hydrogen-bond acceptors (Lipinski definition) is 1. The highest BCUT2D eigenvalue weighted by molar-refractivity contribution is 5.49. The lowest BCUT2D eigenvalue weighted by atomic mass is 9.44. The van der Waals surface area contributed by atoms with E-state index in [4.69, 9.17) is 0 Å². The molecule has 0 saturated heterocycles. The van der Waals surface area contributed by atoms with E-state index in [9.17, 15) is 5.11 Å². The molecule has 0 heterocycles. The highest BCUT2D eigenvalue weighted by Gasteiger charge is 2.62. The molecule has 0 aromatic heterocycles. The van der Waals surface area contributed by atoms with Gasteiger partial charge in [-0.3, -0.25) is 0 Å². The third-order valence-corrected chi connectivity index (χ3v) is 11.7. The van der Waals surface area contributed by atoms with Crippen LogP contribution in [0.2, 0.25) is 0 Å². The van der Waals surface area contributed by atoms with Gasteiger partial charge in [0, 0.05) is 0 Å². The van der Waals surface area contributed by atoms with Gasteiger partial charge in [0.05, 0.1) is 6.10 Å². The molecule has 0 spiro atoms. The maximum absolute atomic E-state index is 10.8. The molecule has 4 rings (SSSR count). The minimum atomic E-state index is -0.169. The Balaban J connectivity index is 1.63. The molecule has 1 nitrogen and oxygen atoms in total. The normalized spacial score (nSPS) is 43.6. The second kappa shape index (κ2) is 7.86. The van der Waals surface area contributed by atoms with Crippen LogP contribution in [0, 0.1) is 45.3 Å². The summed E-state index contributed by atoms with van der Waals surface area (Å²) in [5.41, 5.74) is 5.63. The molecule has 0 unspecified atom stereocenters. The molecule has 0 aromatic carbocycles. The molecule has 0 bridgehead atoms. The minimum absolute atomic E-state index is 0.0109. The lowest BCUT2D eigenvalue weighted by Gasteiger charge is -2.61. The monoisotopic (exact) mass is 438 g/mol. The summed E-state index contributed by atoms with van der Waals surface area (Å²) >= 11 is 0. The lowest BCUT2D eigenvalue weighted by Crippen LogP contribution is -2.54. The largest absolute Gasteiger partial charge is 0.393 e. The van der Waals surface area contributed by atoms with Gasteiger partial charge < -0.3 is 5.11 Å². The van der Waals surface area contributed by atoms with Crippen LogP contribution in [-0.2, 0) is 0 Å². The maximum Gasteiger partial charge on any atom is 0.0594 e. The Morgan fingerprint density at radius 2 is 1.72 bits per heavy atom. The van der Waals surface area contributed by atoms with Crippen LogP contribution in [0.1, 0.15) is 107 Å². The predicted octanol–water partition coefficient (Wildman–Crippen LogP) is 8.50. The molecule has 1 heteroatoms. The van der Waals surface area contributed by atoms with Gasteiger partial charge in [-0.1, -0.05) is 79.7 Å². The summed E-state index contributed by atoms with van der Waals surface area (Å²) < 4.78 is 0. The summed E-state index contributed by atoms with van der Waals surface area (Å²) in [5.74, 6) is 2.69. The topological polar surface area (TPSA) is 20.2 Å². The van der Waals surface area contributed by atoms with Gasteiger partial charge >= 0.3 is 0 Å². The van der Waals surface area contributed by atoms with E-state index in [2.05, 4.69) is 74.1 Å². The third kappa shape index (κ3) is 3.27. The predicted molar refractivity (Wildman–Crippen MR) is 137 cm³/mol. The Hall–Kier alpha value is -0.820. The Kier molecular flexibility index (Phi) is 5.97.